The second-order valence-electron chi connectivity index (χ2n) is 6.75. The summed E-state index contributed by atoms with van der Waals surface area (Å²) in [5.41, 5.74) is -0.680. The third-order valence-corrected chi connectivity index (χ3v) is 5.75. The summed E-state index contributed by atoms with van der Waals surface area (Å²) >= 11 is 0. The maximum absolute atomic E-state index is 13.2. The van der Waals surface area contributed by atoms with Crippen molar-refractivity contribution in [2.24, 2.45) is 17.3 Å². The first kappa shape index (κ1) is 16.6. The van der Waals surface area contributed by atoms with Crippen LogP contribution >= 0.6 is 0 Å². The molecule has 23 heavy (non-hydrogen) atoms. The van der Waals surface area contributed by atoms with Gasteiger partial charge in [0.05, 0.1) is 12.5 Å². The Morgan fingerprint density at radius 2 is 2.04 bits per heavy atom. The SMILES string of the molecule is O=C1OC2CC3CC1CC(COC(=O)C(F)(F)S(=O)(=O)[O-])(C3)C2. The highest BCUT2D eigenvalue weighted by Gasteiger charge is 2.54. The number of hydrogen-bond acceptors (Lipinski definition) is 7. The standard InChI is InChI=1S/C13H16F2O7S/c14-13(15,23(18,19)20)11(17)21-6-12-3-7-1-8(4-12)10(16)22-9(2-7)5-12/h7-9H,1-6H2,(H,18,19,20)/p-1. The summed E-state index contributed by atoms with van der Waals surface area (Å²) in [6, 6.07) is 0. The van der Waals surface area contributed by atoms with E-state index in [2.05, 4.69) is 4.74 Å². The molecule has 2 heterocycles. The molecule has 0 N–H and O–H groups in total. The number of carbonyl (C=O) groups is 2. The largest absolute Gasteiger partial charge is 0.743 e. The third kappa shape index (κ3) is 2.82. The molecule has 7 nitrogen and oxygen atoms in total. The Kier molecular flexibility index (Phi) is 3.67. The van der Waals surface area contributed by atoms with Crippen molar-refractivity contribution in [3.8, 4) is 0 Å². The van der Waals surface area contributed by atoms with Crippen molar-refractivity contribution in [1.82, 2.24) is 0 Å². The lowest BCUT2D eigenvalue weighted by atomic mass is 9.59. The van der Waals surface area contributed by atoms with Crippen molar-refractivity contribution >= 4 is 22.1 Å². The number of hydrogen-bond donors (Lipinski definition) is 0. The zero-order chi connectivity index (χ0) is 17.0. The molecule has 4 unspecified atom stereocenters. The van der Waals surface area contributed by atoms with Crippen molar-refractivity contribution in [3.05, 3.63) is 0 Å². The molecule has 2 saturated heterocycles. The predicted molar refractivity (Wildman–Crippen MR) is 68.0 cm³/mol. The minimum absolute atomic E-state index is 0.182. The fraction of sp³-hybridized carbons (Fsp3) is 0.846. The molecule has 0 aromatic rings. The van der Waals surface area contributed by atoms with Crippen LogP contribution in [0.25, 0.3) is 0 Å². The van der Waals surface area contributed by atoms with Gasteiger partial charge < -0.3 is 14.0 Å². The average molecular weight is 353 g/mol. The number of esters is 2. The molecule has 4 rings (SSSR count). The summed E-state index contributed by atoms with van der Waals surface area (Å²) in [6.07, 6.45) is 2.35. The van der Waals surface area contributed by atoms with Crippen molar-refractivity contribution in [1.29, 1.82) is 0 Å². The summed E-state index contributed by atoms with van der Waals surface area (Å²) in [5.74, 6) is -2.86. The average Bonchev–Trinajstić information content (AvgIpc) is 2.57. The number of rotatable bonds is 4. The van der Waals surface area contributed by atoms with Crippen molar-refractivity contribution in [2.45, 2.75) is 43.5 Å². The summed E-state index contributed by atoms with van der Waals surface area (Å²) < 4.78 is 67.5. The van der Waals surface area contributed by atoms with Crippen LogP contribution in [-0.4, -0.2) is 42.9 Å². The second-order valence-corrected chi connectivity index (χ2v) is 8.17. The maximum Gasteiger partial charge on any atom is 0.428 e. The number of ether oxygens (including phenoxy) is 2. The molecule has 4 bridgehead atoms. The molecule has 0 aromatic carbocycles. The van der Waals surface area contributed by atoms with Gasteiger partial charge in [-0.1, -0.05) is 0 Å². The van der Waals surface area contributed by atoms with Gasteiger partial charge in [-0.15, -0.1) is 0 Å². The number of halogens is 2. The lowest BCUT2D eigenvalue weighted by Gasteiger charge is -2.45. The smallest absolute Gasteiger partial charge is 0.428 e. The highest BCUT2D eigenvalue weighted by molar-refractivity contribution is 7.87. The van der Waals surface area contributed by atoms with Gasteiger partial charge in [0.1, 0.15) is 6.10 Å². The van der Waals surface area contributed by atoms with Gasteiger partial charge in [-0.2, -0.15) is 8.78 Å². The third-order valence-electron chi connectivity index (χ3n) is 4.95. The topological polar surface area (TPSA) is 110 Å². The van der Waals surface area contributed by atoms with Gasteiger partial charge in [0.25, 0.3) is 0 Å². The highest BCUT2D eigenvalue weighted by Crippen LogP contribution is 2.54. The molecule has 4 aliphatic rings. The maximum atomic E-state index is 13.2. The van der Waals surface area contributed by atoms with E-state index in [9.17, 15) is 31.3 Å². The van der Waals surface area contributed by atoms with Gasteiger partial charge in [0.2, 0.25) is 0 Å². The fourth-order valence-electron chi connectivity index (χ4n) is 4.18. The fourth-order valence-corrected chi connectivity index (χ4v) is 4.45. The van der Waals surface area contributed by atoms with Crippen LogP contribution in [0.2, 0.25) is 0 Å². The molecular formula is C13H15F2O7S-. The molecule has 0 amide bonds. The van der Waals surface area contributed by atoms with E-state index in [1.54, 1.807) is 0 Å². The zero-order valence-electron chi connectivity index (χ0n) is 12.0. The molecule has 10 heteroatoms. The first-order valence-corrected chi connectivity index (χ1v) is 8.64. The molecule has 0 spiro atoms. The van der Waals surface area contributed by atoms with Gasteiger partial charge in [0, 0.05) is 5.41 Å². The van der Waals surface area contributed by atoms with Crippen LogP contribution in [0.4, 0.5) is 8.78 Å². The van der Waals surface area contributed by atoms with Crippen molar-refractivity contribution < 1.29 is 40.8 Å². The molecule has 4 fully saturated rings. The Balaban J connectivity index is 1.73. The Morgan fingerprint density at radius 3 is 2.70 bits per heavy atom. The van der Waals surface area contributed by atoms with E-state index in [1.807, 2.05) is 0 Å². The quantitative estimate of drug-likeness (QED) is 0.543. The summed E-state index contributed by atoms with van der Waals surface area (Å²) in [5, 5.41) is -5.11. The molecule has 130 valence electrons. The van der Waals surface area contributed by atoms with Crippen LogP contribution in [0, 0.1) is 17.3 Å². The van der Waals surface area contributed by atoms with E-state index in [-0.39, 0.29) is 23.9 Å². The van der Waals surface area contributed by atoms with Crippen LogP contribution < -0.4 is 0 Å². The van der Waals surface area contributed by atoms with Crippen molar-refractivity contribution in [3.63, 3.8) is 0 Å². The number of alkyl halides is 2. The van der Waals surface area contributed by atoms with Crippen LogP contribution in [-0.2, 0) is 29.2 Å². The first-order valence-electron chi connectivity index (χ1n) is 7.23. The van der Waals surface area contributed by atoms with E-state index in [1.165, 1.54) is 0 Å². The predicted octanol–water partition coefficient (Wildman–Crippen LogP) is 0.789. The van der Waals surface area contributed by atoms with Crippen LogP contribution in [0.3, 0.4) is 0 Å². The molecule has 2 aliphatic carbocycles. The Morgan fingerprint density at radius 1 is 1.35 bits per heavy atom. The van der Waals surface area contributed by atoms with Crippen molar-refractivity contribution in [2.75, 3.05) is 6.61 Å². The number of carbonyl (C=O) groups excluding carboxylic acids is 2. The highest BCUT2D eigenvalue weighted by atomic mass is 32.2. The van der Waals surface area contributed by atoms with Crippen LogP contribution in [0.1, 0.15) is 32.1 Å². The number of fused-ring (bicyclic) bond motifs is 1. The molecule has 0 aromatic heterocycles. The normalized spacial score (nSPS) is 36.5. The second kappa shape index (κ2) is 5.10. The lowest BCUT2D eigenvalue weighted by molar-refractivity contribution is -0.168. The summed E-state index contributed by atoms with van der Waals surface area (Å²) in [6.45, 7) is -0.447. The molecule has 4 atom stereocenters. The minimum atomic E-state index is -6.13. The Labute approximate surface area is 131 Å². The van der Waals surface area contributed by atoms with Gasteiger partial charge in [-0.05, 0) is 38.0 Å². The van der Waals surface area contributed by atoms with E-state index >= 15 is 0 Å². The monoisotopic (exact) mass is 353 g/mol. The summed E-state index contributed by atoms with van der Waals surface area (Å²) in [4.78, 5) is 23.2. The van der Waals surface area contributed by atoms with Gasteiger partial charge in [0.15, 0.2) is 10.1 Å². The van der Waals surface area contributed by atoms with Gasteiger partial charge >= 0.3 is 17.2 Å². The molecule has 0 radical (unpaired) electrons. The summed E-state index contributed by atoms with van der Waals surface area (Å²) in [7, 11) is -6.13. The minimum Gasteiger partial charge on any atom is -0.743 e. The lowest BCUT2D eigenvalue weighted by Crippen LogP contribution is -2.45. The van der Waals surface area contributed by atoms with Crippen LogP contribution in [0.5, 0.6) is 0 Å². The molecule has 2 aliphatic heterocycles. The Bertz CT molecular complexity index is 647. The van der Waals surface area contributed by atoms with E-state index in [4.69, 9.17) is 4.74 Å². The zero-order valence-corrected chi connectivity index (χ0v) is 12.8. The van der Waals surface area contributed by atoms with E-state index in [0.717, 1.165) is 0 Å². The van der Waals surface area contributed by atoms with Crippen LogP contribution in [0.15, 0.2) is 0 Å². The Hall–Kier alpha value is -1.29. The first-order chi connectivity index (χ1) is 10.5. The molecular weight excluding hydrogens is 338 g/mol. The van der Waals surface area contributed by atoms with E-state index in [0.29, 0.717) is 32.1 Å². The van der Waals surface area contributed by atoms with E-state index < -0.39 is 33.4 Å². The van der Waals surface area contributed by atoms with Gasteiger partial charge in [-0.25, -0.2) is 13.2 Å². The van der Waals surface area contributed by atoms with Gasteiger partial charge in [-0.3, -0.25) is 4.79 Å². The molecule has 2 saturated carbocycles.